The highest BCUT2D eigenvalue weighted by Gasteiger charge is 2.19. The molecular formula is C16H24N2O3. The van der Waals surface area contributed by atoms with Crippen molar-refractivity contribution in [2.24, 2.45) is 5.92 Å². The number of methoxy groups -OCH3 is 1. The molecule has 2 rings (SSSR count). The van der Waals surface area contributed by atoms with Crippen LogP contribution in [0.4, 0.5) is 11.4 Å². The largest absolute Gasteiger partial charge is 0.465 e. The Labute approximate surface area is 126 Å². The van der Waals surface area contributed by atoms with Gasteiger partial charge in [-0.05, 0) is 43.4 Å². The average molecular weight is 292 g/mol. The minimum atomic E-state index is -0.396. The van der Waals surface area contributed by atoms with Gasteiger partial charge in [0.15, 0.2) is 0 Å². The van der Waals surface area contributed by atoms with Gasteiger partial charge in [-0.25, -0.2) is 4.79 Å². The van der Waals surface area contributed by atoms with Crippen LogP contribution in [0.1, 0.15) is 28.8 Å². The van der Waals surface area contributed by atoms with Gasteiger partial charge in [-0.1, -0.05) is 0 Å². The van der Waals surface area contributed by atoms with Crippen molar-refractivity contribution in [3.8, 4) is 0 Å². The van der Waals surface area contributed by atoms with Gasteiger partial charge in [-0.3, -0.25) is 0 Å². The number of carbonyl (C=O) groups is 1. The van der Waals surface area contributed by atoms with Gasteiger partial charge >= 0.3 is 5.97 Å². The minimum Gasteiger partial charge on any atom is -0.465 e. The number of carbonyl (C=O) groups excluding carboxylic acids is 1. The van der Waals surface area contributed by atoms with Crippen molar-refractivity contribution in [2.75, 3.05) is 44.5 Å². The van der Waals surface area contributed by atoms with E-state index in [1.54, 1.807) is 6.07 Å². The van der Waals surface area contributed by atoms with E-state index in [0.717, 1.165) is 37.4 Å². The summed E-state index contributed by atoms with van der Waals surface area (Å²) in [5.74, 6) is 0.134. The van der Waals surface area contributed by atoms with Crippen molar-refractivity contribution in [3.05, 3.63) is 23.3 Å². The Hall–Kier alpha value is -1.75. The number of nitrogen functional groups attached to an aromatic ring is 1. The summed E-state index contributed by atoms with van der Waals surface area (Å²) in [6, 6.07) is 3.81. The van der Waals surface area contributed by atoms with E-state index in [1.165, 1.54) is 13.5 Å². The number of ether oxygens (including phenoxy) is 2. The van der Waals surface area contributed by atoms with Gasteiger partial charge in [0.1, 0.15) is 0 Å². The number of hydrogen-bond acceptors (Lipinski definition) is 5. The zero-order valence-corrected chi connectivity index (χ0v) is 13.0. The summed E-state index contributed by atoms with van der Waals surface area (Å²) >= 11 is 0. The van der Waals surface area contributed by atoms with Crippen LogP contribution in [-0.4, -0.2) is 39.9 Å². The highest BCUT2D eigenvalue weighted by atomic mass is 16.5. The maximum Gasteiger partial charge on any atom is 0.340 e. The molecule has 1 atom stereocenters. The number of nitrogens with two attached hydrogens (primary N) is 1. The van der Waals surface area contributed by atoms with E-state index in [9.17, 15) is 4.79 Å². The number of benzene rings is 1. The third-order valence-electron chi connectivity index (χ3n) is 4.00. The molecule has 1 heterocycles. The first-order chi connectivity index (χ1) is 10.0. The average Bonchev–Trinajstić information content (AvgIpc) is 2.50. The smallest absolute Gasteiger partial charge is 0.340 e. The predicted octanol–water partition coefficient (Wildman–Crippen LogP) is 2.23. The molecule has 0 aliphatic carbocycles. The fourth-order valence-electron chi connectivity index (χ4n) is 2.72. The molecule has 5 nitrogen and oxygen atoms in total. The number of esters is 1. The van der Waals surface area contributed by atoms with Crippen LogP contribution in [-0.2, 0) is 9.47 Å². The van der Waals surface area contributed by atoms with Crippen molar-refractivity contribution in [1.29, 1.82) is 0 Å². The maximum absolute atomic E-state index is 11.8. The number of rotatable bonds is 4. The first kappa shape index (κ1) is 15.6. The Kier molecular flexibility index (Phi) is 5.07. The van der Waals surface area contributed by atoms with Crippen molar-refractivity contribution in [3.63, 3.8) is 0 Å². The predicted molar refractivity (Wildman–Crippen MR) is 83.7 cm³/mol. The van der Waals surface area contributed by atoms with Crippen LogP contribution in [0, 0.1) is 12.8 Å². The number of nitrogens with zero attached hydrogens (tertiary/aromatic N) is 1. The van der Waals surface area contributed by atoms with E-state index >= 15 is 0 Å². The van der Waals surface area contributed by atoms with E-state index in [2.05, 4.69) is 4.90 Å². The summed E-state index contributed by atoms with van der Waals surface area (Å²) in [7, 11) is 3.40. The lowest BCUT2D eigenvalue weighted by atomic mass is 10.0. The molecule has 1 aromatic rings. The second-order valence-electron chi connectivity index (χ2n) is 5.68. The van der Waals surface area contributed by atoms with E-state index in [1.807, 2.05) is 20.0 Å². The molecule has 0 amide bonds. The summed E-state index contributed by atoms with van der Waals surface area (Å²) in [6.45, 7) is 4.49. The Balaban J connectivity index is 2.18. The van der Waals surface area contributed by atoms with E-state index in [4.69, 9.17) is 15.2 Å². The van der Waals surface area contributed by atoms with Crippen LogP contribution in [0.25, 0.3) is 0 Å². The maximum atomic E-state index is 11.8. The summed E-state index contributed by atoms with van der Waals surface area (Å²) in [4.78, 5) is 14.0. The van der Waals surface area contributed by atoms with Gasteiger partial charge in [-0.2, -0.15) is 0 Å². The molecule has 0 radical (unpaired) electrons. The van der Waals surface area contributed by atoms with Crippen LogP contribution in [0.3, 0.4) is 0 Å². The van der Waals surface area contributed by atoms with Gasteiger partial charge in [-0.15, -0.1) is 0 Å². The molecular weight excluding hydrogens is 268 g/mol. The third-order valence-corrected chi connectivity index (χ3v) is 4.00. The number of aryl methyl sites for hydroxylation is 1. The quantitative estimate of drug-likeness (QED) is 0.681. The SMILES string of the molecule is COC(=O)c1cc(N(C)CC2CCCOC2)cc(C)c1N. The third kappa shape index (κ3) is 3.67. The summed E-state index contributed by atoms with van der Waals surface area (Å²) < 4.78 is 10.3. The van der Waals surface area contributed by atoms with Crippen molar-refractivity contribution in [2.45, 2.75) is 19.8 Å². The first-order valence-electron chi connectivity index (χ1n) is 7.30. The van der Waals surface area contributed by atoms with E-state index in [0.29, 0.717) is 17.2 Å². The van der Waals surface area contributed by atoms with Gasteiger partial charge in [0, 0.05) is 31.6 Å². The second kappa shape index (κ2) is 6.80. The normalized spacial score (nSPS) is 18.3. The molecule has 1 unspecified atom stereocenters. The Morgan fingerprint density at radius 1 is 1.52 bits per heavy atom. The molecule has 116 valence electrons. The lowest BCUT2D eigenvalue weighted by Gasteiger charge is -2.29. The molecule has 2 N–H and O–H groups in total. The highest BCUT2D eigenvalue weighted by molar-refractivity contribution is 5.97. The minimum absolute atomic E-state index is 0.396. The monoisotopic (exact) mass is 292 g/mol. The van der Waals surface area contributed by atoms with Crippen LogP contribution in [0.15, 0.2) is 12.1 Å². The molecule has 1 fully saturated rings. The second-order valence-corrected chi connectivity index (χ2v) is 5.68. The highest BCUT2D eigenvalue weighted by Crippen LogP contribution is 2.27. The van der Waals surface area contributed by atoms with Crippen LogP contribution >= 0.6 is 0 Å². The molecule has 1 aromatic carbocycles. The summed E-state index contributed by atoms with van der Waals surface area (Å²) in [6.07, 6.45) is 2.30. The van der Waals surface area contributed by atoms with Gasteiger partial charge in [0.05, 0.1) is 19.3 Å². The molecule has 0 bridgehead atoms. The fourth-order valence-corrected chi connectivity index (χ4v) is 2.72. The standard InChI is InChI=1S/C16H24N2O3/c1-11-7-13(8-14(15(11)17)16(19)20-3)18(2)9-12-5-4-6-21-10-12/h7-8,12H,4-6,9-10,17H2,1-3H3. The Morgan fingerprint density at radius 2 is 2.29 bits per heavy atom. The van der Waals surface area contributed by atoms with Crippen LogP contribution in [0.2, 0.25) is 0 Å². The van der Waals surface area contributed by atoms with Gasteiger partial charge in [0.25, 0.3) is 0 Å². The Morgan fingerprint density at radius 3 is 2.90 bits per heavy atom. The zero-order valence-electron chi connectivity index (χ0n) is 13.0. The molecule has 21 heavy (non-hydrogen) atoms. The zero-order chi connectivity index (χ0) is 15.4. The number of hydrogen-bond donors (Lipinski definition) is 1. The summed E-state index contributed by atoms with van der Waals surface area (Å²) in [5, 5.41) is 0. The van der Waals surface area contributed by atoms with Crippen molar-refractivity contribution < 1.29 is 14.3 Å². The van der Waals surface area contributed by atoms with Gasteiger partial charge < -0.3 is 20.1 Å². The molecule has 5 heteroatoms. The van der Waals surface area contributed by atoms with Crippen LogP contribution in [0.5, 0.6) is 0 Å². The lowest BCUT2D eigenvalue weighted by molar-refractivity contribution is 0.0575. The molecule has 0 aromatic heterocycles. The molecule has 1 saturated heterocycles. The van der Waals surface area contributed by atoms with Crippen LogP contribution < -0.4 is 10.6 Å². The molecule has 0 spiro atoms. The molecule has 1 aliphatic rings. The van der Waals surface area contributed by atoms with E-state index in [-0.39, 0.29) is 0 Å². The molecule has 1 aliphatic heterocycles. The molecule has 0 saturated carbocycles. The van der Waals surface area contributed by atoms with E-state index < -0.39 is 5.97 Å². The first-order valence-corrected chi connectivity index (χ1v) is 7.30. The summed E-state index contributed by atoms with van der Waals surface area (Å²) in [5.41, 5.74) is 8.76. The van der Waals surface area contributed by atoms with Gasteiger partial charge in [0.2, 0.25) is 0 Å². The topological polar surface area (TPSA) is 64.8 Å². The Bertz CT molecular complexity index is 510. The van der Waals surface area contributed by atoms with Crippen molar-refractivity contribution in [1.82, 2.24) is 0 Å². The fraction of sp³-hybridized carbons (Fsp3) is 0.562. The van der Waals surface area contributed by atoms with Crippen molar-refractivity contribution >= 4 is 17.3 Å². The lowest BCUT2D eigenvalue weighted by Crippen LogP contribution is -2.31. The number of anilines is 2.